The van der Waals surface area contributed by atoms with Gasteiger partial charge in [0.25, 0.3) is 0 Å². The number of methoxy groups -OCH3 is 1. The molecule has 1 aromatic heterocycles. The largest absolute Gasteiger partial charge is 0.479 e. The van der Waals surface area contributed by atoms with Crippen LogP contribution >= 0.6 is 0 Å². The third-order valence-electron chi connectivity index (χ3n) is 3.63. The Bertz CT molecular complexity index is 490. The molecule has 6 heteroatoms. The lowest BCUT2D eigenvalue weighted by Crippen LogP contribution is -2.39. The van der Waals surface area contributed by atoms with Gasteiger partial charge in [0.2, 0.25) is 11.8 Å². The van der Waals surface area contributed by atoms with Crippen molar-refractivity contribution >= 4 is 17.3 Å². The van der Waals surface area contributed by atoms with E-state index < -0.39 is 0 Å². The number of aromatic nitrogens is 1. The Hall–Kier alpha value is -1.82. The van der Waals surface area contributed by atoms with E-state index in [4.69, 9.17) is 4.74 Å². The van der Waals surface area contributed by atoms with Gasteiger partial charge in [0.05, 0.1) is 18.8 Å². The molecule has 2 atom stereocenters. The molecule has 2 heterocycles. The number of carbonyl (C=O) groups excluding carboxylic acids is 1. The normalized spacial score (nSPS) is 21.6. The molecular weight excluding hydrogens is 256 g/mol. The lowest BCUT2D eigenvalue weighted by molar-refractivity contribution is -0.118. The molecule has 1 aliphatic heterocycles. The summed E-state index contributed by atoms with van der Waals surface area (Å²) in [4.78, 5) is 18.5. The minimum absolute atomic E-state index is 0.0376. The zero-order chi connectivity index (χ0) is 14.7. The van der Waals surface area contributed by atoms with Gasteiger partial charge < -0.3 is 20.3 Å². The highest BCUT2D eigenvalue weighted by Crippen LogP contribution is 2.32. The second-order valence-corrected chi connectivity index (χ2v) is 5.30. The van der Waals surface area contributed by atoms with Gasteiger partial charge in [-0.3, -0.25) is 4.79 Å². The zero-order valence-corrected chi connectivity index (χ0v) is 12.4. The first-order chi connectivity index (χ1) is 9.54. The van der Waals surface area contributed by atoms with E-state index in [1.807, 2.05) is 25.1 Å². The molecule has 0 radical (unpaired) electrons. The monoisotopic (exact) mass is 278 g/mol. The smallest absolute Gasteiger partial charge is 0.241 e. The van der Waals surface area contributed by atoms with Crippen LogP contribution in [0.3, 0.4) is 0 Å². The minimum Gasteiger partial charge on any atom is -0.479 e. The summed E-state index contributed by atoms with van der Waals surface area (Å²) < 4.78 is 5.25. The average molecular weight is 278 g/mol. The van der Waals surface area contributed by atoms with Gasteiger partial charge in [-0.15, -0.1) is 0 Å². The fourth-order valence-corrected chi connectivity index (χ4v) is 2.46. The van der Waals surface area contributed by atoms with Crippen LogP contribution in [0.2, 0.25) is 0 Å². The van der Waals surface area contributed by atoms with Crippen molar-refractivity contribution in [2.45, 2.75) is 19.4 Å². The van der Waals surface area contributed by atoms with Crippen molar-refractivity contribution in [2.24, 2.45) is 5.92 Å². The first-order valence-corrected chi connectivity index (χ1v) is 6.79. The summed E-state index contributed by atoms with van der Waals surface area (Å²) in [6.45, 7) is 2.96. The van der Waals surface area contributed by atoms with Crippen molar-refractivity contribution in [2.75, 3.05) is 38.0 Å². The second-order valence-electron chi connectivity index (χ2n) is 5.30. The van der Waals surface area contributed by atoms with Crippen LogP contribution in [0, 0.1) is 5.92 Å². The molecular formula is C14H22N4O2. The highest BCUT2D eigenvalue weighted by molar-refractivity contribution is 5.99. The van der Waals surface area contributed by atoms with Crippen LogP contribution in [-0.4, -0.2) is 44.7 Å². The van der Waals surface area contributed by atoms with Crippen LogP contribution in [0.4, 0.5) is 11.4 Å². The maximum atomic E-state index is 12.4. The van der Waals surface area contributed by atoms with E-state index in [0.29, 0.717) is 17.5 Å². The van der Waals surface area contributed by atoms with Crippen LogP contribution in [0.25, 0.3) is 0 Å². The van der Waals surface area contributed by atoms with E-state index >= 15 is 0 Å². The van der Waals surface area contributed by atoms with Gasteiger partial charge in [-0.25, -0.2) is 4.98 Å². The van der Waals surface area contributed by atoms with Crippen molar-refractivity contribution in [1.29, 1.82) is 0 Å². The molecule has 110 valence electrons. The van der Waals surface area contributed by atoms with Crippen LogP contribution in [0.5, 0.6) is 5.88 Å². The third kappa shape index (κ3) is 2.85. The summed E-state index contributed by atoms with van der Waals surface area (Å²) in [5.74, 6) is 0.722. The Morgan fingerprint density at radius 1 is 1.55 bits per heavy atom. The molecule has 0 bridgehead atoms. The molecule has 6 nitrogen and oxygen atoms in total. The number of nitrogens with one attached hydrogen (secondary N) is 2. The Morgan fingerprint density at radius 2 is 2.30 bits per heavy atom. The lowest BCUT2D eigenvalue weighted by Gasteiger charge is -2.21. The number of amides is 1. The molecule has 1 fully saturated rings. The van der Waals surface area contributed by atoms with Crippen LogP contribution in [0.15, 0.2) is 12.3 Å². The molecule has 1 amide bonds. The molecule has 0 saturated carbocycles. The molecule has 1 aromatic rings. The summed E-state index contributed by atoms with van der Waals surface area (Å²) in [6.07, 6.45) is 2.68. The van der Waals surface area contributed by atoms with Crippen molar-refractivity contribution in [3.8, 4) is 5.88 Å². The number of hydrogen-bond acceptors (Lipinski definition) is 5. The second kappa shape index (κ2) is 6.09. The number of hydrogen-bond donors (Lipinski definition) is 2. The maximum absolute atomic E-state index is 12.4. The summed E-state index contributed by atoms with van der Waals surface area (Å²) in [5, 5.41) is 6.18. The van der Waals surface area contributed by atoms with E-state index in [9.17, 15) is 4.79 Å². The van der Waals surface area contributed by atoms with Crippen LogP contribution < -0.4 is 20.3 Å². The van der Waals surface area contributed by atoms with Gasteiger partial charge in [0, 0.05) is 20.3 Å². The van der Waals surface area contributed by atoms with E-state index in [0.717, 1.165) is 18.7 Å². The molecule has 2 N–H and O–H groups in total. The van der Waals surface area contributed by atoms with Crippen molar-refractivity contribution < 1.29 is 9.53 Å². The summed E-state index contributed by atoms with van der Waals surface area (Å²) >= 11 is 0. The highest BCUT2D eigenvalue weighted by Gasteiger charge is 2.30. The SMILES string of the molecule is COc1nccc(N(C)C)c1NC(=O)C1NCCC1C. The number of pyridine rings is 1. The van der Waals surface area contributed by atoms with Crippen LogP contribution in [-0.2, 0) is 4.79 Å². The topological polar surface area (TPSA) is 66.5 Å². The Kier molecular flexibility index (Phi) is 4.44. The quantitative estimate of drug-likeness (QED) is 0.863. The zero-order valence-electron chi connectivity index (χ0n) is 12.4. The first-order valence-electron chi connectivity index (χ1n) is 6.79. The predicted octanol–water partition coefficient (Wildman–Crippen LogP) is 1.09. The Labute approximate surface area is 119 Å². The molecule has 2 rings (SSSR count). The molecule has 0 spiro atoms. The minimum atomic E-state index is -0.157. The van der Waals surface area contributed by atoms with Gasteiger partial charge in [-0.1, -0.05) is 6.92 Å². The van der Waals surface area contributed by atoms with Gasteiger partial charge >= 0.3 is 0 Å². The summed E-state index contributed by atoms with van der Waals surface area (Å²) in [6, 6.07) is 1.69. The highest BCUT2D eigenvalue weighted by atomic mass is 16.5. The van der Waals surface area contributed by atoms with E-state index in [1.165, 1.54) is 0 Å². The van der Waals surface area contributed by atoms with Gasteiger partial charge in [0.1, 0.15) is 5.69 Å². The third-order valence-corrected chi connectivity index (χ3v) is 3.63. The van der Waals surface area contributed by atoms with E-state index in [-0.39, 0.29) is 11.9 Å². The molecule has 0 aromatic carbocycles. The fourth-order valence-electron chi connectivity index (χ4n) is 2.46. The van der Waals surface area contributed by atoms with Crippen LogP contribution in [0.1, 0.15) is 13.3 Å². The van der Waals surface area contributed by atoms with E-state index in [2.05, 4.69) is 22.5 Å². The van der Waals surface area contributed by atoms with Gasteiger partial charge in [-0.05, 0) is 24.9 Å². The molecule has 2 unspecified atom stereocenters. The molecule has 1 aliphatic rings. The summed E-state index contributed by atoms with van der Waals surface area (Å²) in [7, 11) is 5.38. The molecule has 0 aliphatic carbocycles. The van der Waals surface area contributed by atoms with Crippen molar-refractivity contribution in [1.82, 2.24) is 10.3 Å². The number of ether oxygens (including phenoxy) is 1. The molecule has 20 heavy (non-hydrogen) atoms. The Morgan fingerprint density at radius 3 is 2.85 bits per heavy atom. The summed E-state index contributed by atoms with van der Waals surface area (Å²) in [5.41, 5.74) is 1.49. The number of anilines is 2. The van der Waals surface area contributed by atoms with Crippen molar-refractivity contribution in [3.05, 3.63) is 12.3 Å². The number of carbonyl (C=O) groups is 1. The van der Waals surface area contributed by atoms with Gasteiger partial charge in [0.15, 0.2) is 0 Å². The maximum Gasteiger partial charge on any atom is 0.241 e. The lowest BCUT2D eigenvalue weighted by atomic mass is 10.0. The number of nitrogens with zero attached hydrogens (tertiary/aromatic N) is 2. The standard InChI is InChI=1S/C14H22N4O2/c1-9-5-7-15-11(9)13(19)17-12-10(18(2)3)6-8-16-14(12)20-4/h6,8-9,11,15H,5,7H2,1-4H3,(H,17,19). The average Bonchev–Trinajstić information content (AvgIpc) is 2.85. The Balaban J connectivity index is 2.25. The fraction of sp³-hybridized carbons (Fsp3) is 0.571. The number of rotatable bonds is 4. The van der Waals surface area contributed by atoms with E-state index in [1.54, 1.807) is 13.3 Å². The molecule has 1 saturated heterocycles. The first kappa shape index (κ1) is 14.6. The van der Waals surface area contributed by atoms with Crippen molar-refractivity contribution in [3.63, 3.8) is 0 Å². The van der Waals surface area contributed by atoms with Gasteiger partial charge in [-0.2, -0.15) is 0 Å². The predicted molar refractivity (Wildman–Crippen MR) is 79.3 cm³/mol.